The van der Waals surface area contributed by atoms with Crippen LogP contribution in [0.2, 0.25) is 0 Å². The van der Waals surface area contributed by atoms with Crippen molar-refractivity contribution in [2.24, 2.45) is 0 Å². The van der Waals surface area contributed by atoms with Crippen molar-refractivity contribution in [1.82, 2.24) is 15.3 Å². The summed E-state index contributed by atoms with van der Waals surface area (Å²) < 4.78 is 5.32. The summed E-state index contributed by atoms with van der Waals surface area (Å²) in [6.45, 7) is 7.34. The monoisotopic (exact) mass is 245 g/mol. The first kappa shape index (κ1) is 14.2. The average molecular weight is 245 g/mol. The van der Waals surface area contributed by atoms with E-state index in [2.05, 4.69) is 5.43 Å². The standard InChI is InChI=1S/C11H23N3O3/c1-11(2,3)17-10(16)14-6-5-13(12-4)7-9(14)8-15/h9,12,15H,5-8H2,1-4H3/t9-/m1/s1. The number of hydrazine groups is 1. The first-order valence-corrected chi connectivity index (χ1v) is 5.90. The molecule has 1 aliphatic rings. The molecule has 2 N–H and O–H groups in total. The lowest BCUT2D eigenvalue weighted by atomic mass is 10.2. The lowest BCUT2D eigenvalue weighted by Crippen LogP contribution is -2.59. The van der Waals surface area contributed by atoms with Gasteiger partial charge in [0.1, 0.15) is 5.60 Å². The minimum absolute atomic E-state index is 0.0581. The molecule has 0 spiro atoms. The van der Waals surface area contributed by atoms with Gasteiger partial charge in [-0.2, -0.15) is 0 Å². The topological polar surface area (TPSA) is 65.0 Å². The third kappa shape index (κ3) is 4.14. The molecule has 0 radical (unpaired) electrons. The number of rotatable bonds is 2. The van der Waals surface area contributed by atoms with Crippen molar-refractivity contribution in [2.45, 2.75) is 32.4 Å². The number of carbonyl (C=O) groups excluding carboxylic acids is 1. The molecule has 100 valence electrons. The normalized spacial score (nSPS) is 22.6. The fourth-order valence-electron chi connectivity index (χ4n) is 1.78. The largest absolute Gasteiger partial charge is 0.444 e. The maximum absolute atomic E-state index is 11.9. The molecule has 6 heteroatoms. The summed E-state index contributed by atoms with van der Waals surface area (Å²) in [5.74, 6) is 0. The van der Waals surface area contributed by atoms with Gasteiger partial charge in [0.15, 0.2) is 0 Å². The molecule has 0 aromatic carbocycles. The van der Waals surface area contributed by atoms with Crippen LogP contribution in [0.25, 0.3) is 0 Å². The molecule has 1 heterocycles. The lowest BCUT2D eigenvalue weighted by molar-refractivity contribution is -0.0184. The van der Waals surface area contributed by atoms with Crippen LogP contribution in [0.4, 0.5) is 4.79 Å². The molecule has 0 saturated carbocycles. The Labute approximate surface area is 102 Å². The molecule has 1 fully saturated rings. The van der Waals surface area contributed by atoms with E-state index in [1.54, 1.807) is 4.90 Å². The highest BCUT2D eigenvalue weighted by Crippen LogP contribution is 2.14. The fourth-order valence-corrected chi connectivity index (χ4v) is 1.78. The predicted molar refractivity (Wildman–Crippen MR) is 64.4 cm³/mol. The zero-order chi connectivity index (χ0) is 13.1. The number of aliphatic hydroxyl groups is 1. The Hall–Kier alpha value is -0.850. The Bertz CT molecular complexity index is 265. The highest BCUT2D eigenvalue weighted by molar-refractivity contribution is 5.68. The van der Waals surface area contributed by atoms with Crippen molar-refractivity contribution in [3.05, 3.63) is 0 Å². The van der Waals surface area contributed by atoms with Crippen LogP contribution in [0.15, 0.2) is 0 Å². The molecule has 1 saturated heterocycles. The molecule has 17 heavy (non-hydrogen) atoms. The smallest absolute Gasteiger partial charge is 0.410 e. The molecular weight excluding hydrogens is 222 g/mol. The Morgan fingerprint density at radius 1 is 1.47 bits per heavy atom. The van der Waals surface area contributed by atoms with Crippen LogP contribution in [0.3, 0.4) is 0 Å². The van der Waals surface area contributed by atoms with E-state index in [1.807, 2.05) is 32.8 Å². The van der Waals surface area contributed by atoms with Gasteiger partial charge in [0, 0.05) is 19.6 Å². The van der Waals surface area contributed by atoms with Crippen molar-refractivity contribution in [3.63, 3.8) is 0 Å². The van der Waals surface area contributed by atoms with E-state index in [-0.39, 0.29) is 18.7 Å². The van der Waals surface area contributed by atoms with Crippen molar-refractivity contribution in [3.8, 4) is 0 Å². The number of hydrogen-bond donors (Lipinski definition) is 2. The van der Waals surface area contributed by atoms with Crippen molar-refractivity contribution >= 4 is 6.09 Å². The number of aliphatic hydroxyl groups excluding tert-OH is 1. The van der Waals surface area contributed by atoms with E-state index in [0.717, 1.165) is 6.54 Å². The minimum atomic E-state index is -0.503. The zero-order valence-electron chi connectivity index (χ0n) is 11.1. The molecule has 6 nitrogen and oxygen atoms in total. The van der Waals surface area contributed by atoms with Crippen LogP contribution in [0, 0.1) is 0 Å². The number of nitrogens with one attached hydrogen (secondary N) is 1. The van der Waals surface area contributed by atoms with Crippen molar-refractivity contribution in [2.75, 3.05) is 33.3 Å². The maximum Gasteiger partial charge on any atom is 0.410 e. The Kier molecular flexibility index (Phi) is 4.73. The Morgan fingerprint density at radius 2 is 2.12 bits per heavy atom. The van der Waals surface area contributed by atoms with E-state index < -0.39 is 5.60 Å². The summed E-state index contributed by atoms with van der Waals surface area (Å²) in [4.78, 5) is 13.5. The van der Waals surface area contributed by atoms with Gasteiger partial charge < -0.3 is 14.7 Å². The van der Waals surface area contributed by atoms with Gasteiger partial charge in [0.05, 0.1) is 12.6 Å². The predicted octanol–water partition coefficient (Wildman–Crippen LogP) is 0.0344. The van der Waals surface area contributed by atoms with Crippen LogP contribution >= 0.6 is 0 Å². The van der Waals surface area contributed by atoms with Gasteiger partial charge in [-0.05, 0) is 27.8 Å². The highest BCUT2D eigenvalue weighted by Gasteiger charge is 2.32. The third-order valence-electron chi connectivity index (χ3n) is 2.64. The number of ether oxygens (including phenoxy) is 1. The van der Waals surface area contributed by atoms with E-state index in [9.17, 15) is 9.90 Å². The van der Waals surface area contributed by atoms with Gasteiger partial charge >= 0.3 is 6.09 Å². The summed E-state index contributed by atoms with van der Waals surface area (Å²) in [6, 6.07) is -0.217. The van der Waals surface area contributed by atoms with Gasteiger partial charge in [0.2, 0.25) is 0 Å². The van der Waals surface area contributed by atoms with Crippen LogP contribution in [-0.4, -0.2) is 66.0 Å². The van der Waals surface area contributed by atoms with Gasteiger partial charge in [0.25, 0.3) is 0 Å². The molecule has 1 atom stereocenters. The highest BCUT2D eigenvalue weighted by atomic mass is 16.6. The molecule has 0 aliphatic carbocycles. The summed E-state index contributed by atoms with van der Waals surface area (Å²) >= 11 is 0. The van der Waals surface area contributed by atoms with Crippen LogP contribution < -0.4 is 5.43 Å². The number of piperazine rings is 1. The summed E-state index contributed by atoms with van der Waals surface area (Å²) in [6.07, 6.45) is -0.354. The maximum atomic E-state index is 11.9. The van der Waals surface area contributed by atoms with E-state index in [1.165, 1.54) is 0 Å². The summed E-state index contributed by atoms with van der Waals surface area (Å²) in [5.41, 5.74) is 2.52. The van der Waals surface area contributed by atoms with E-state index in [4.69, 9.17) is 4.74 Å². The van der Waals surface area contributed by atoms with Crippen molar-refractivity contribution < 1.29 is 14.6 Å². The molecule has 1 amide bonds. The molecule has 1 rings (SSSR count). The van der Waals surface area contributed by atoms with Crippen molar-refractivity contribution in [1.29, 1.82) is 0 Å². The zero-order valence-corrected chi connectivity index (χ0v) is 11.1. The fraction of sp³-hybridized carbons (Fsp3) is 0.909. The van der Waals surface area contributed by atoms with Gasteiger partial charge in [-0.3, -0.25) is 5.43 Å². The number of hydrogen-bond acceptors (Lipinski definition) is 5. The second kappa shape index (κ2) is 5.66. The van der Waals surface area contributed by atoms with Crippen LogP contribution in [0.5, 0.6) is 0 Å². The SMILES string of the molecule is CNN1CCN(C(=O)OC(C)(C)C)[C@@H](CO)C1. The minimum Gasteiger partial charge on any atom is -0.444 e. The average Bonchev–Trinajstić information content (AvgIpc) is 2.25. The molecule has 0 unspecified atom stereocenters. The summed E-state index contributed by atoms with van der Waals surface area (Å²) in [5, 5.41) is 11.3. The number of carbonyl (C=O) groups is 1. The van der Waals surface area contributed by atoms with Crippen LogP contribution in [-0.2, 0) is 4.74 Å². The van der Waals surface area contributed by atoms with Gasteiger partial charge in [-0.15, -0.1) is 0 Å². The first-order valence-electron chi connectivity index (χ1n) is 5.90. The Morgan fingerprint density at radius 3 is 2.59 bits per heavy atom. The number of amides is 1. The quantitative estimate of drug-likeness (QED) is 0.719. The van der Waals surface area contributed by atoms with Crippen LogP contribution in [0.1, 0.15) is 20.8 Å². The van der Waals surface area contributed by atoms with E-state index >= 15 is 0 Å². The third-order valence-corrected chi connectivity index (χ3v) is 2.64. The van der Waals surface area contributed by atoms with E-state index in [0.29, 0.717) is 13.1 Å². The second-order valence-electron chi connectivity index (χ2n) is 5.18. The molecule has 0 aromatic heterocycles. The van der Waals surface area contributed by atoms with Gasteiger partial charge in [-0.1, -0.05) is 0 Å². The Balaban J connectivity index is 2.60. The summed E-state index contributed by atoms with van der Waals surface area (Å²) in [7, 11) is 1.83. The molecule has 0 bridgehead atoms. The first-order chi connectivity index (χ1) is 7.87. The lowest BCUT2D eigenvalue weighted by Gasteiger charge is -2.40. The molecule has 0 aromatic rings. The second-order valence-corrected chi connectivity index (χ2v) is 5.18. The molecular formula is C11H23N3O3. The number of nitrogens with zero attached hydrogens (tertiary/aromatic N) is 2. The van der Waals surface area contributed by atoms with Gasteiger partial charge in [-0.25, -0.2) is 9.80 Å². The molecule has 1 aliphatic heterocycles.